The molecule has 3 aromatic rings. The van der Waals surface area contributed by atoms with Gasteiger partial charge in [0.05, 0.1) is 37.4 Å². The average molecular weight is 503 g/mol. The number of benzene rings is 2. The topological polar surface area (TPSA) is 85.8 Å². The van der Waals surface area contributed by atoms with Crippen molar-refractivity contribution in [1.82, 2.24) is 14.9 Å². The second kappa shape index (κ2) is 11.5. The van der Waals surface area contributed by atoms with E-state index in [1.54, 1.807) is 13.2 Å². The minimum Gasteiger partial charge on any atom is -0.493 e. The first kappa shape index (κ1) is 24.9. The molecule has 4 rings (SSSR count). The van der Waals surface area contributed by atoms with E-state index in [9.17, 15) is 9.18 Å². The van der Waals surface area contributed by atoms with Crippen LogP contribution >= 0.6 is 11.6 Å². The van der Waals surface area contributed by atoms with Crippen molar-refractivity contribution in [2.24, 2.45) is 5.92 Å². The standard InChI is InChI=1S/C25H28ClFN4O4/c1-3-34-24(32)13-31-8-6-16(7-9-31)14-35-23-12-21-18(11-22(23)33-2)25(29-15-28-21)30-17-4-5-20(27)19(26)10-17/h4-5,10-12,15-16H,3,6-9,13-14H2,1-2H3,(H,28,29,30). The molecule has 0 amide bonds. The number of carbonyl (C=O) groups is 1. The Hall–Kier alpha value is -3.17. The van der Waals surface area contributed by atoms with Gasteiger partial charge in [-0.25, -0.2) is 14.4 Å². The maximum absolute atomic E-state index is 13.5. The number of nitrogens with one attached hydrogen (secondary N) is 1. The fourth-order valence-corrected chi connectivity index (χ4v) is 4.24. The molecule has 186 valence electrons. The van der Waals surface area contributed by atoms with E-state index < -0.39 is 5.82 Å². The normalized spacial score (nSPS) is 14.6. The van der Waals surface area contributed by atoms with Gasteiger partial charge in [-0.2, -0.15) is 0 Å². The molecule has 0 spiro atoms. The third-order valence-electron chi connectivity index (χ3n) is 5.94. The SMILES string of the molecule is CCOC(=O)CN1CCC(COc2cc3ncnc(Nc4ccc(F)c(Cl)c4)c3cc2OC)CC1. The van der Waals surface area contributed by atoms with Crippen LogP contribution in [0.25, 0.3) is 10.9 Å². The van der Waals surface area contributed by atoms with E-state index in [-0.39, 0.29) is 11.0 Å². The lowest BCUT2D eigenvalue weighted by Crippen LogP contribution is -2.39. The molecule has 1 N–H and O–H groups in total. The van der Waals surface area contributed by atoms with Crippen molar-refractivity contribution in [3.63, 3.8) is 0 Å². The third-order valence-corrected chi connectivity index (χ3v) is 6.23. The highest BCUT2D eigenvalue weighted by atomic mass is 35.5. The molecule has 35 heavy (non-hydrogen) atoms. The van der Waals surface area contributed by atoms with Gasteiger partial charge in [0.1, 0.15) is 18.0 Å². The molecule has 0 saturated carbocycles. The van der Waals surface area contributed by atoms with Gasteiger partial charge >= 0.3 is 5.97 Å². The van der Waals surface area contributed by atoms with Gasteiger partial charge in [-0.05, 0) is 63.0 Å². The molecular weight excluding hydrogens is 475 g/mol. The number of anilines is 2. The first-order chi connectivity index (χ1) is 17.0. The molecule has 0 aliphatic carbocycles. The molecule has 10 heteroatoms. The molecule has 2 aromatic carbocycles. The third kappa shape index (κ3) is 6.29. The molecule has 0 atom stereocenters. The monoisotopic (exact) mass is 502 g/mol. The molecule has 0 radical (unpaired) electrons. The van der Waals surface area contributed by atoms with Crippen LogP contribution in [0.1, 0.15) is 19.8 Å². The van der Waals surface area contributed by atoms with Crippen LogP contribution in [0.5, 0.6) is 11.5 Å². The fourth-order valence-electron chi connectivity index (χ4n) is 4.05. The Morgan fingerprint density at radius 2 is 2.00 bits per heavy atom. The van der Waals surface area contributed by atoms with Gasteiger partial charge in [0.25, 0.3) is 0 Å². The lowest BCUT2D eigenvalue weighted by Gasteiger charge is -2.31. The number of methoxy groups -OCH3 is 1. The van der Waals surface area contributed by atoms with Gasteiger partial charge in [0.15, 0.2) is 11.5 Å². The minimum atomic E-state index is -0.488. The van der Waals surface area contributed by atoms with Gasteiger partial charge in [-0.3, -0.25) is 9.69 Å². The summed E-state index contributed by atoms with van der Waals surface area (Å²) in [6, 6.07) is 8.02. The molecule has 1 aliphatic heterocycles. The van der Waals surface area contributed by atoms with Crippen molar-refractivity contribution >= 4 is 40.0 Å². The Morgan fingerprint density at radius 3 is 2.71 bits per heavy atom. The number of rotatable bonds is 9. The van der Waals surface area contributed by atoms with Gasteiger partial charge in [0.2, 0.25) is 0 Å². The van der Waals surface area contributed by atoms with Crippen molar-refractivity contribution in [3.8, 4) is 11.5 Å². The molecular formula is C25H28ClFN4O4. The number of likely N-dealkylation sites (tertiary alicyclic amines) is 1. The predicted octanol–water partition coefficient (Wildman–Crippen LogP) is 4.83. The largest absolute Gasteiger partial charge is 0.493 e. The predicted molar refractivity (Wildman–Crippen MR) is 132 cm³/mol. The molecule has 0 bridgehead atoms. The molecule has 1 aliphatic rings. The van der Waals surface area contributed by atoms with E-state index in [2.05, 4.69) is 20.2 Å². The minimum absolute atomic E-state index is 0.0216. The maximum Gasteiger partial charge on any atom is 0.320 e. The summed E-state index contributed by atoms with van der Waals surface area (Å²) in [5.74, 6) is 1.41. The van der Waals surface area contributed by atoms with Crippen LogP contribution in [-0.4, -0.2) is 60.8 Å². The van der Waals surface area contributed by atoms with Crippen LogP contribution in [0.3, 0.4) is 0 Å². The molecule has 0 unspecified atom stereocenters. The zero-order valence-corrected chi connectivity index (χ0v) is 20.5. The first-order valence-electron chi connectivity index (χ1n) is 11.5. The summed E-state index contributed by atoms with van der Waals surface area (Å²) in [6.45, 7) is 4.75. The number of hydrogen-bond acceptors (Lipinski definition) is 8. The van der Waals surface area contributed by atoms with Crippen LogP contribution in [0.2, 0.25) is 5.02 Å². The summed E-state index contributed by atoms with van der Waals surface area (Å²) in [7, 11) is 1.58. The van der Waals surface area contributed by atoms with Crippen LogP contribution in [0.4, 0.5) is 15.9 Å². The molecule has 1 aromatic heterocycles. The number of carbonyl (C=O) groups excluding carboxylic acids is 1. The van der Waals surface area contributed by atoms with Crippen LogP contribution in [-0.2, 0) is 9.53 Å². The second-order valence-corrected chi connectivity index (χ2v) is 8.74. The zero-order valence-electron chi connectivity index (χ0n) is 19.7. The van der Waals surface area contributed by atoms with Crippen molar-refractivity contribution in [3.05, 3.63) is 47.5 Å². The number of hydrogen-bond donors (Lipinski definition) is 1. The van der Waals surface area contributed by atoms with E-state index >= 15 is 0 Å². The van der Waals surface area contributed by atoms with E-state index in [1.807, 2.05) is 19.1 Å². The van der Waals surface area contributed by atoms with Crippen LogP contribution in [0, 0.1) is 11.7 Å². The summed E-state index contributed by atoms with van der Waals surface area (Å²) in [5.41, 5.74) is 1.28. The number of nitrogens with zero attached hydrogens (tertiary/aromatic N) is 3. The number of aromatic nitrogens is 2. The van der Waals surface area contributed by atoms with Crippen LogP contribution < -0.4 is 14.8 Å². The van der Waals surface area contributed by atoms with Crippen molar-refractivity contribution < 1.29 is 23.4 Å². The van der Waals surface area contributed by atoms with Crippen molar-refractivity contribution in [2.45, 2.75) is 19.8 Å². The lowest BCUT2D eigenvalue weighted by molar-refractivity contribution is -0.144. The van der Waals surface area contributed by atoms with Crippen molar-refractivity contribution in [1.29, 1.82) is 0 Å². The van der Waals surface area contributed by atoms with E-state index in [1.165, 1.54) is 18.5 Å². The molecule has 1 saturated heterocycles. The highest BCUT2D eigenvalue weighted by Gasteiger charge is 2.22. The Balaban J connectivity index is 1.43. The molecule has 2 heterocycles. The molecule has 1 fully saturated rings. The Morgan fingerprint density at radius 1 is 1.20 bits per heavy atom. The number of halogens is 2. The quantitative estimate of drug-likeness (QED) is 0.416. The highest BCUT2D eigenvalue weighted by molar-refractivity contribution is 6.31. The summed E-state index contributed by atoms with van der Waals surface area (Å²) < 4.78 is 30.3. The summed E-state index contributed by atoms with van der Waals surface area (Å²) in [4.78, 5) is 22.5. The number of piperidine rings is 1. The van der Waals surface area contributed by atoms with Gasteiger partial charge in [-0.1, -0.05) is 11.6 Å². The van der Waals surface area contributed by atoms with Gasteiger partial charge in [-0.15, -0.1) is 0 Å². The van der Waals surface area contributed by atoms with Gasteiger partial charge < -0.3 is 19.5 Å². The Bertz CT molecular complexity index is 1190. The number of fused-ring (bicyclic) bond motifs is 1. The summed E-state index contributed by atoms with van der Waals surface area (Å²) in [5, 5.41) is 3.91. The first-order valence-corrected chi connectivity index (χ1v) is 11.9. The second-order valence-electron chi connectivity index (χ2n) is 8.33. The van der Waals surface area contributed by atoms with E-state index in [0.29, 0.717) is 54.2 Å². The Labute approximate surface area is 208 Å². The Kier molecular flexibility index (Phi) is 8.20. The van der Waals surface area contributed by atoms with Crippen LogP contribution in [0.15, 0.2) is 36.7 Å². The summed E-state index contributed by atoms with van der Waals surface area (Å²) >= 11 is 5.90. The van der Waals surface area contributed by atoms with E-state index in [4.69, 9.17) is 25.8 Å². The lowest BCUT2D eigenvalue weighted by atomic mass is 9.98. The number of ether oxygens (including phenoxy) is 3. The number of esters is 1. The zero-order chi connectivity index (χ0) is 24.8. The smallest absolute Gasteiger partial charge is 0.320 e. The fraction of sp³-hybridized carbons (Fsp3) is 0.400. The molecule has 8 nitrogen and oxygen atoms in total. The van der Waals surface area contributed by atoms with Gasteiger partial charge in [0, 0.05) is 17.1 Å². The van der Waals surface area contributed by atoms with E-state index in [0.717, 1.165) is 31.3 Å². The highest BCUT2D eigenvalue weighted by Crippen LogP contribution is 2.35. The van der Waals surface area contributed by atoms with Crippen molar-refractivity contribution in [2.75, 3.05) is 45.3 Å². The summed E-state index contributed by atoms with van der Waals surface area (Å²) in [6.07, 6.45) is 3.32. The maximum atomic E-state index is 13.5. The average Bonchev–Trinajstić information content (AvgIpc) is 2.85.